The third-order valence-corrected chi connectivity index (χ3v) is 4.29. The molecule has 0 saturated carbocycles. The van der Waals surface area contributed by atoms with Gasteiger partial charge in [-0.25, -0.2) is 13.2 Å². The van der Waals surface area contributed by atoms with Gasteiger partial charge in [-0.1, -0.05) is 25.1 Å². The van der Waals surface area contributed by atoms with Crippen molar-refractivity contribution >= 4 is 23.2 Å². The van der Waals surface area contributed by atoms with Gasteiger partial charge in [0, 0.05) is 16.8 Å². The number of halogens is 3. The lowest BCUT2D eigenvalue weighted by Gasteiger charge is -2.09. The van der Waals surface area contributed by atoms with Crippen LogP contribution < -0.4 is 10.6 Å². The molecular weight excluding hydrogens is 381 g/mol. The first kappa shape index (κ1) is 20.1. The lowest BCUT2D eigenvalue weighted by atomic mass is 10.1. The summed E-state index contributed by atoms with van der Waals surface area (Å²) in [6.07, 6.45) is 0.879. The van der Waals surface area contributed by atoms with Gasteiger partial charge in [0.2, 0.25) is 0 Å². The zero-order valence-corrected chi connectivity index (χ0v) is 15.4. The molecule has 0 radical (unpaired) electrons. The van der Waals surface area contributed by atoms with E-state index in [1.807, 2.05) is 19.1 Å². The van der Waals surface area contributed by atoms with E-state index in [1.54, 1.807) is 12.1 Å². The van der Waals surface area contributed by atoms with Gasteiger partial charge in [0.1, 0.15) is 0 Å². The highest BCUT2D eigenvalue weighted by Gasteiger charge is 2.17. The molecule has 7 heteroatoms. The van der Waals surface area contributed by atoms with Gasteiger partial charge in [-0.05, 0) is 54.4 Å². The molecule has 0 unspecified atom stereocenters. The van der Waals surface area contributed by atoms with Crippen molar-refractivity contribution < 1.29 is 22.8 Å². The summed E-state index contributed by atoms with van der Waals surface area (Å²) in [6, 6.07) is 14.7. The van der Waals surface area contributed by atoms with Gasteiger partial charge in [0.15, 0.2) is 17.5 Å². The zero-order chi connectivity index (χ0) is 21.0. The van der Waals surface area contributed by atoms with Gasteiger partial charge in [-0.3, -0.25) is 9.59 Å². The minimum absolute atomic E-state index is 0.0584. The first-order valence-electron chi connectivity index (χ1n) is 8.84. The number of carbonyl (C=O) groups is 2. The number of benzene rings is 3. The Morgan fingerprint density at radius 3 is 2.03 bits per heavy atom. The van der Waals surface area contributed by atoms with Crippen LogP contribution in [-0.2, 0) is 6.42 Å². The molecule has 0 atom stereocenters. The van der Waals surface area contributed by atoms with E-state index in [2.05, 4.69) is 10.6 Å². The largest absolute Gasteiger partial charge is 0.322 e. The SMILES string of the molecule is CCc1ccc(NC(=O)c2cccc(C(=O)Nc3ccc(F)c(F)c3F)c2)cc1. The van der Waals surface area contributed by atoms with Gasteiger partial charge in [-0.15, -0.1) is 0 Å². The summed E-state index contributed by atoms with van der Waals surface area (Å²) in [5.41, 5.74) is 1.50. The fraction of sp³-hybridized carbons (Fsp3) is 0.0909. The van der Waals surface area contributed by atoms with Crippen LogP contribution in [0.5, 0.6) is 0 Å². The van der Waals surface area contributed by atoms with Crippen LogP contribution in [0.15, 0.2) is 60.7 Å². The summed E-state index contributed by atoms with van der Waals surface area (Å²) >= 11 is 0. The van der Waals surface area contributed by atoms with E-state index in [1.165, 1.54) is 24.3 Å². The Morgan fingerprint density at radius 2 is 1.41 bits per heavy atom. The van der Waals surface area contributed by atoms with E-state index in [4.69, 9.17) is 0 Å². The van der Waals surface area contributed by atoms with Crippen molar-refractivity contribution in [2.24, 2.45) is 0 Å². The lowest BCUT2D eigenvalue weighted by Crippen LogP contribution is -2.16. The second kappa shape index (κ2) is 8.60. The Bertz CT molecular complexity index is 1070. The molecule has 0 aliphatic carbocycles. The first-order chi connectivity index (χ1) is 13.9. The van der Waals surface area contributed by atoms with Crippen LogP contribution in [0.25, 0.3) is 0 Å². The Kier molecular flexibility index (Phi) is 5.97. The highest BCUT2D eigenvalue weighted by Crippen LogP contribution is 2.20. The molecule has 0 aliphatic heterocycles. The third kappa shape index (κ3) is 4.63. The van der Waals surface area contributed by atoms with Crippen LogP contribution in [-0.4, -0.2) is 11.8 Å². The van der Waals surface area contributed by atoms with Crippen LogP contribution in [0.1, 0.15) is 33.2 Å². The quantitative estimate of drug-likeness (QED) is 0.583. The van der Waals surface area contributed by atoms with E-state index in [0.717, 1.165) is 18.1 Å². The molecule has 0 aliphatic rings. The Morgan fingerprint density at radius 1 is 0.793 bits per heavy atom. The summed E-state index contributed by atoms with van der Waals surface area (Å²) in [5.74, 6) is -5.72. The molecule has 0 spiro atoms. The number of nitrogens with one attached hydrogen (secondary N) is 2. The molecule has 2 amide bonds. The number of aryl methyl sites for hydroxylation is 1. The minimum atomic E-state index is -1.68. The van der Waals surface area contributed by atoms with Crippen molar-refractivity contribution in [3.05, 3.63) is 94.8 Å². The average Bonchev–Trinajstić information content (AvgIpc) is 2.74. The molecule has 29 heavy (non-hydrogen) atoms. The predicted octanol–water partition coefficient (Wildman–Crippen LogP) is 5.17. The van der Waals surface area contributed by atoms with Crippen molar-refractivity contribution in [3.8, 4) is 0 Å². The molecule has 3 rings (SSSR count). The fourth-order valence-corrected chi connectivity index (χ4v) is 2.65. The molecule has 4 nitrogen and oxygen atoms in total. The molecule has 0 aromatic heterocycles. The van der Waals surface area contributed by atoms with E-state index in [9.17, 15) is 22.8 Å². The maximum absolute atomic E-state index is 13.7. The fourth-order valence-electron chi connectivity index (χ4n) is 2.65. The van der Waals surface area contributed by atoms with Gasteiger partial charge in [-0.2, -0.15) is 0 Å². The van der Waals surface area contributed by atoms with E-state index in [0.29, 0.717) is 11.8 Å². The maximum Gasteiger partial charge on any atom is 0.255 e. The molecule has 0 saturated heterocycles. The van der Waals surface area contributed by atoms with Crippen molar-refractivity contribution in [3.63, 3.8) is 0 Å². The summed E-state index contributed by atoms with van der Waals surface area (Å²) in [4.78, 5) is 24.8. The molecule has 0 heterocycles. The van der Waals surface area contributed by atoms with Gasteiger partial charge >= 0.3 is 0 Å². The predicted molar refractivity (Wildman–Crippen MR) is 104 cm³/mol. The summed E-state index contributed by atoms with van der Waals surface area (Å²) in [5, 5.41) is 4.90. The molecule has 3 aromatic carbocycles. The van der Waals surface area contributed by atoms with E-state index < -0.39 is 35.0 Å². The summed E-state index contributed by atoms with van der Waals surface area (Å²) < 4.78 is 40.1. The molecule has 148 valence electrons. The van der Waals surface area contributed by atoms with E-state index >= 15 is 0 Å². The highest BCUT2D eigenvalue weighted by molar-refractivity contribution is 6.08. The maximum atomic E-state index is 13.7. The van der Waals surface area contributed by atoms with Crippen molar-refractivity contribution in [2.45, 2.75) is 13.3 Å². The number of hydrogen-bond donors (Lipinski definition) is 2. The first-order valence-corrected chi connectivity index (χ1v) is 8.84. The van der Waals surface area contributed by atoms with Gasteiger partial charge in [0.25, 0.3) is 11.8 Å². The molecule has 0 fully saturated rings. The van der Waals surface area contributed by atoms with Gasteiger partial charge in [0.05, 0.1) is 5.69 Å². The number of amides is 2. The topological polar surface area (TPSA) is 58.2 Å². The number of hydrogen-bond acceptors (Lipinski definition) is 2. The molecule has 3 aromatic rings. The average molecular weight is 398 g/mol. The third-order valence-electron chi connectivity index (χ3n) is 4.29. The summed E-state index contributed by atoms with van der Waals surface area (Å²) in [6.45, 7) is 2.02. The Hall–Kier alpha value is -3.61. The zero-order valence-electron chi connectivity index (χ0n) is 15.4. The Labute approximate surface area is 165 Å². The monoisotopic (exact) mass is 398 g/mol. The second-order valence-corrected chi connectivity index (χ2v) is 6.26. The number of anilines is 2. The molecule has 2 N–H and O–H groups in total. The van der Waals surface area contributed by atoms with Crippen LogP contribution >= 0.6 is 0 Å². The van der Waals surface area contributed by atoms with Crippen LogP contribution in [0, 0.1) is 17.5 Å². The molecule has 0 bridgehead atoms. The van der Waals surface area contributed by atoms with Crippen molar-refractivity contribution in [1.29, 1.82) is 0 Å². The van der Waals surface area contributed by atoms with Gasteiger partial charge < -0.3 is 10.6 Å². The molecular formula is C22H17F3N2O2. The smallest absolute Gasteiger partial charge is 0.255 e. The lowest BCUT2D eigenvalue weighted by molar-refractivity contribution is 0.102. The van der Waals surface area contributed by atoms with Crippen molar-refractivity contribution in [1.82, 2.24) is 0 Å². The highest BCUT2D eigenvalue weighted by atomic mass is 19.2. The summed E-state index contributed by atoms with van der Waals surface area (Å²) in [7, 11) is 0. The standard InChI is InChI=1S/C22H17F3N2O2/c1-2-13-6-8-16(9-7-13)26-21(28)14-4-3-5-15(12-14)22(29)27-18-11-10-17(23)19(24)20(18)25/h3-12H,2H2,1H3,(H,26,28)(H,27,29). The second-order valence-electron chi connectivity index (χ2n) is 6.26. The van der Waals surface area contributed by atoms with Crippen LogP contribution in [0.2, 0.25) is 0 Å². The normalized spacial score (nSPS) is 10.5. The number of carbonyl (C=O) groups excluding carboxylic acids is 2. The minimum Gasteiger partial charge on any atom is -0.322 e. The number of rotatable bonds is 5. The van der Waals surface area contributed by atoms with Crippen LogP contribution in [0.3, 0.4) is 0 Å². The van der Waals surface area contributed by atoms with Crippen LogP contribution in [0.4, 0.5) is 24.5 Å². The Balaban J connectivity index is 1.75. The van der Waals surface area contributed by atoms with Crippen molar-refractivity contribution in [2.75, 3.05) is 10.6 Å². The van der Waals surface area contributed by atoms with E-state index in [-0.39, 0.29) is 11.1 Å².